The number of methoxy groups -OCH3 is 1. The Balaban J connectivity index is 1.79. The first-order valence-corrected chi connectivity index (χ1v) is 7.98. The van der Waals surface area contributed by atoms with Crippen LogP contribution in [0.2, 0.25) is 0 Å². The number of furan rings is 1. The largest absolute Gasteiger partial charge is 0.497 e. The molecule has 5 rings (SSSR count). The topological polar surface area (TPSA) is 30.0 Å². The summed E-state index contributed by atoms with van der Waals surface area (Å²) < 4.78 is 11.6. The van der Waals surface area contributed by atoms with Gasteiger partial charge < -0.3 is 9.15 Å². The van der Waals surface area contributed by atoms with Crippen molar-refractivity contribution < 1.29 is 9.15 Å². The number of hydrogen-bond acceptors (Lipinski definition) is 3. The van der Waals surface area contributed by atoms with E-state index in [9.17, 15) is 0 Å². The predicted octanol–water partition coefficient (Wildman–Crippen LogP) is 3.21. The van der Waals surface area contributed by atoms with E-state index in [0.717, 1.165) is 54.8 Å². The molecule has 2 aromatic rings. The highest BCUT2D eigenvalue weighted by Gasteiger charge is 2.65. The molecule has 22 heavy (non-hydrogen) atoms. The summed E-state index contributed by atoms with van der Waals surface area (Å²) in [6.45, 7) is 10.1. The van der Waals surface area contributed by atoms with Gasteiger partial charge in [0.1, 0.15) is 11.3 Å². The van der Waals surface area contributed by atoms with Crippen molar-refractivity contribution in [3.8, 4) is 5.75 Å². The Hall–Kier alpha value is -1.99. The van der Waals surface area contributed by atoms with Gasteiger partial charge in [-0.05, 0) is 37.0 Å². The second-order valence-corrected chi connectivity index (χ2v) is 6.87. The van der Waals surface area contributed by atoms with Crippen LogP contribution in [-0.2, 0) is 12.0 Å². The molecule has 1 aromatic heterocycles. The van der Waals surface area contributed by atoms with Gasteiger partial charge in [0, 0.05) is 30.5 Å². The normalized spacial score (nSPS) is 32.7. The average Bonchev–Trinajstić information content (AvgIpc) is 3.21. The summed E-state index contributed by atoms with van der Waals surface area (Å²) in [6, 6.07) is 6.32. The van der Waals surface area contributed by atoms with Crippen molar-refractivity contribution in [3.63, 3.8) is 0 Å². The van der Waals surface area contributed by atoms with Gasteiger partial charge in [0.25, 0.3) is 0 Å². The van der Waals surface area contributed by atoms with E-state index in [1.54, 1.807) is 7.11 Å². The second kappa shape index (κ2) is 4.05. The fourth-order valence-corrected chi connectivity index (χ4v) is 4.99. The molecule has 3 aliphatic rings. The fraction of sp³-hybridized carbons (Fsp3) is 0.500. The van der Waals surface area contributed by atoms with Gasteiger partial charge >= 0.3 is 5.54 Å². The maximum atomic E-state index is 7.92. The lowest BCUT2D eigenvalue weighted by atomic mass is 9.86. The highest BCUT2D eigenvalue weighted by atomic mass is 16.5. The van der Waals surface area contributed by atoms with Crippen LogP contribution in [0.5, 0.6) is 5.75 Å². The molecule has 2 fully saturated rings. The van der Waals surface area contributed by atoms with Gasteiger partial charge in [-0.25, -0.2) is 6.57 Å². The van der Waals surface area contributed by atoms with Gasteiger partial charge in [-0.2, -0.15) is 0 Å². The van der Waals surface area contributed by atoms with Gasteiger partial charge in [-0.1, -0.05) is 0 Å². The summed E-state index contributed by atoms with van der Waals surface area (Å²) >= 11 is 0. The van der Waals surface area contributed by atoms with Crippen LogP contribution in [0.4, 0.5) is 0 Å². The van der Waals surface area contributed by atoms with Crippen LogP contribution in [0.1, 0.15) is 24.2 Å². The van der Waals surface area contributed by atoms with Crippen molar-refractivity contribution in [2.75, 3.05) is 20.2 Å². The van der Waals surface area contributed by atoms with E-state index >= 15 is 0 Å². The summed E-state index contributed by atoms with van der Waals surface area (Å²) in [5, 5.41) is 1.13. The monoisotopic (exact) mass is 294 g/mol. The lowest BCUT2D eigenvalue weighted by molar-refractivity contribution is 0.153. The fourth-order valence-electron chi connectivity index (χ4n) is 4.99. The lowest BCUT2D eigenvalue weighted by Gasteiger charge is -2.31. The van der Waals surface area contributed by atoms with Gasteiger partial charge in [0.2, 0.25) is 0 Å². The molecular formula is C18H18N2O2. The third kappa shape index (κ3) is 1.36. The summed E-state index contributed by atoms with van der Waals surface area (Å²) in [6.07, 6.45) is 3.08. The van der Waals surface area contributed by atoms with Crippen molar-refractivity contribution >= 4 is 11.0 Å². The van der Waals surface area contributed by atoms with Crippen LogP contribution in [0.15, 0.2) is 22.6 Å². The lowest BCUT2D eigenvalue weighted by Crippen LogP contribution is -2.45. The van der Waals surface area contributed by atoms with Crippen molar-refractivity contribution in [1.82, 2.24) is 4.90 Å². The number of benzene rings is 1. The van der Waals surface area contributed by atoms with E-state index in [0.29, 0.717) is 12.0 Å². The minimum Gasteiger partial charge on any atom is -0.497 e. The Morgan fingerprint density at radius 2 is 2.36 bits per heavy atom. The molecule has 0 radical (unpaired) electrons. The van der Waals surface area contributed by atoms with E-state index in [4.69, 9.17) is 15.7 Å². The zero-order chi connectivity index (χ0) is 14.9. The first-order valence-electron chi connectivity index (χ1n) is 7.98. The molecule has 0 N–H and O–H groups in total. The molecule has 1 saturated carbocycles. The molecule has 3 atom stereocenters. The zero-order valence-corrected chi connectivity index (χ0v) is 12.6. The molecule has 1 aliphatic carbocycles. The first-order chi connectivity index (χ1) is 10.7. The molecule has 1 aromatic carbocycles. The molecular weight excluding hydrogens is 276 g/mol. The number of hydrogen-bond donors (Lipinski definition) is 0. The Labute approximate surface area is 129 Å². The minimum absolute atomic E-state index is 0.346. The minimum atomic E-state index is -0.457. The third-order valence-electron chi connectivity index (χ3n) is 5.88. The highest BCUT2D eigenvalue weighted by molar-refractivity contribution is 5.84. The number of piperidine rings is 1. The van der Waals surface area contributed by atoms with Crippen LogP contribution in [0, 0.1) is 12.5 Å². The molecule has 4 nitrogen and oxygen atoms in total. The number of rotatable bonds is 1. The molecule has 0 amide bonds. The summed E-state index contributed by atoms with van der Waals surface area (Å²) in [5.41, 5.74) is 1.67. The van der Waals surface area contributed by atoms with Crippen molar-refractivity contribution in [2.45, 2.75) is 30.8 Å². The van der Waals surface area contributed by atoms with Gasteiger partial charge in [-0.3, -0.25) is 9.74 Å². The van der Waals surface area contributed by atoms with Crippen LogP contribution in [0.3, 0.4) is 0 Å². The van der Waals surface area contributed by atoms with Gasteiger partial charge in [0.15, 0.2) is 5.76 Å². The quantitative estimate of drug-likeness (QED) is 0.757. The molecule has 112 valence electrons. The first kappa shape index (κ1) is 12.5. The summed E-state index contributed by atoms with van der Waals surface area (Å²) in [4.78, 5) is 6.67. The molecule has 0 spiro atoms. The van der Waals surface area contributed by atoms with E-state index in [-0.39, 0.29) is 0 Å². The number of ether oxygens (including phenoxy) is 1. The zero-order valence-electron chi connectivity index (χ0n) is 12.6. The maximum Gasteiger partial charge on any atom is 0.304 e. The SMILES string of the molecule is [C-]#[N+][C@@]12C[C@H]3C[C@@H]1N(CCc1c2oc2ccc(OC)cc12)C3. The van der Waals surface area contributed by atoms with Crippen molar-refractivity contribution in [3.05, 3.63) is 40.9 Å². The predicted molar refractivity (Wildman–Crippen MR) is 82.8 cm³/mol. The molecule has 4 heteroatoms. The second-order valence-electron chi connectivity index (χ2n) is 6.87. The Morgan fingerprint density at radius 3 is 3.14 bits per heavy atom. The summed E-state index contributed by atoms with van der Waals surface area (Å²) in [5.74, 6) is 2.46. The van der Waals surface area contributed by atoms with E-state index < -0.39 is 5.54 Å². The Kier molecular flexibility index (Phi) is 2.31. The van der Waals surface area contributed by atoms with Crippen LogP contribution in [-0.4, -0.2) is 31.1 Å². The Morgan fingerprint density at radius 1 is 1.45 bits per heavy atom. The molecule has 0 unspecified atom stereocenters. The van der Waals surface area contributed by atoms with Gasteiger partial charge in [0.05, 0.1) is 13.2 Å². The van der Waals surface area contributed by atoms with E-state index in [1.165, 1.54) is 5.56 Å². The van der Waals surface area contributed by atoms with Crippen molar-refractivity contribution in [1.29, 1.82) is 0 Å². The van der Waals surface area contributed by atoms with Crippen LogP contribution >= 0.6 is 0 Å². The molecule has 3 heterocycles. The van der Waals surface area contributed by atoms with Gasteiger partial charge in [-0.15, -0.1) is 0 Å². The van der Waals surface area contributed by atoms with Crippen molar-refractivity contribution in [2.24, 2.45) is 5.92 Å². The maximum absolute atomic E-state index is 7.92. The third-order valence-corrected chi connectivity index (χ3v) is 5.88. The van der Waals surface area contributed by atoms with E-state index in [1.807, 2.05) is 12.1 Å². The van der Waals surface area contributed by atoms with Crippen LogP contribution in [0.25, 0.3) is 15.8 Å². The summed E-state index contributed by atoms with van der Waals surface area (Å²) in [7, 11) is 1.69. The highest BCUT2D eigenvalue weighted by Crippen LogP contribution is 2.56. The van der Waals surface area contributed by atoms with E-state index in [2.05, 4.69) is 15.8 Å². The smallest absolute Gasteiger partial charge is 0.304 e. The van der Waals surface area contributed by atoms with Crippen LogP contribution < -0.4 is 4.74 Å². The molecule has 2 bridgehead atoms. The molecule has 1 saturated heterocycles. The average molecular weight is 294 g/mol. The number of nitrogens with zero attached hydrogens (tertiary/aromatic N) is 2. The standard InChI is InChI=1S/C18H18N2O2/c1-19-18-9-11-7-16(18)20(10-11)6-5-13-14-8-12(21-2)3-4-15(14)22-17(13)18/h3-4,8,11,16H,5-7,9-10H2,2H3/t11-,16+,18+/m1/s1. The Bertz CT molecular complexity index is 818. The number of fused-ring (bicyclic) bond motifs is 5. The molecule has 2 aliphatic heterocycles.